The van der Waals surface area contributed by atoms with Gasteiger partial charge in [-0.1, -0.05) is 29.8 Å². The Morgan fingerprint density at radius 2 is 1.70 bits per heavy atom. The number of aromatic nitrogens is 2. The topological polar surface area (TPSA) is 93.7 Å². The molecule has 1 aromatic heterocycles. The van der Waals surface area contributed by atoms with Gasteiger partial charge in [0.05, 0.1) is 29.1 Å². The standard InChI is InChI=1S/C21H24N4O4S/c1-16-6-8-17(9-7-16)30(26,27)24-20-21(23-19-5-3-2-4-18(19)22-20)29-15-12-25-10-13-28-14-11-25/h2-9H,10-15H2,1H3,(H,22,24). The molecule has 158 valence electrons. The molecule has 1 aliphatic heterocycles. The highest BCUT2D eigenvalue weighted by atomic mass is 32.2. The number of morpholine rings is 1. The number of sulfonamides is 1. The normalized spacial score (nSPS) is 15.2. The molecule has 0 radical (unpaired) electrons. The minimum Gasteiger partial charge on any atom is -0.474 e. The average molecular weight is 429 g/mol. The Morgan fingerprint density at radius 1 is 1.03 bits per heavy atom. The Morgan fingerprint density at radius 3 is 2.40 bits per heavy atom. The van der Waals surface area contributed by atoms with Crippen LogP contribution in [0.2, 0.25) is 0 Å². The zero-order chi connectivity index (χ0) is 21.0. The third-order valence-corrected chi connectivity index (χ3v) is 6.21. The van der Waals surface area contributed by atoms with E-state index in [0.29, 0.717) is 37.4 Å². The molecule has 4 rings (SSSR count). The summed E-state index contributed by atoms with van der Waals surface area (Å²) in [6.07, 6.45) is 0. The van der Waals surface area contributed by atoms with Crippen molar-refractivity contribution in [2.45, 2.75) is 11.8 Å². The number of aryl methyl sites for hydroxylation is 1. The van der Waals surface area contributed by atoms with Gasteiger partial charge in [0.25, 0.3) is 15.9 Å². The molecule has 0 bridgehead atoms. The lowest BCUT2D eigenvalue weighted by Gasteiger charge is -2.26. The van der Waals surface area contributed by atoms with Crippen molar-refractivity contribution < 1.29 is 17.9 Å². The van der Waals surface area contributed by atoms with E-state index in [0.717, 1.165) is 18.7 Å². The number of nitrogens with zero attached hydrogens (tertiary/aromatic N) is 3. The van der Waals surface area contributed by atoms with Crippen molar-refractivity contribution in [3.63, 3.8) is 0 Å². The third kappa shape index (κ3) is 4.86. The third-order valence-electron chi connectivity index (χ3n) is 4.85. The van der Waals surface area contributed by atoms with Crippen molar-refractivity contribution in [3.05, 3.63) is 54.1 Å². The zero-order valence-corrected chi connectivity index (χ0v) is 17.6. The highest BCUT2D eigenvalue weighted by Gasteiger charge is 2.20. The van der Waals surface area contributed by atoms with Crippen LogP contribution >= 0.6 is 0 Å². The van der Waals surface area contributed by atoms with Gasteiger partial charge in [-0.3, -0.25) is 9.62 Å². The summed E-state index contributed by atoms with van der Waals surface area (Å²) in [6.45, 7) is 6.07. The fourth-order valence-electron chi connectivity index (χ4n) is 3.15. The predicted molar refractivity (Wildman–Crippen MR) is 114 cm³/mol. The van der Waals surface area contributed by atoms with Gasteiger partial charge in [-0.2, -0.15) is 0 Å². The summed E-state index contributed by atoms with van der Waals surface area (Å²) in [5, 5.41) is 0. The second-order valence-corrected chi connectivity index (χ2v) is 8.77. The van der Waals surface area contributed by atoms with Crippen molar-refractivity contribution in [2.24, 2.45) is 0 Å². The van der Waals surface area contributed by atoms with E-state index >= 15 is 0 Å². The molecule has 0 unspecified atom stereocenters. The SMILES string of the molecule is Cc1ccc(S(=O)(=O)Nc2nc3ccccc3nc2OCCN2CCOCC2)cc1. The molecular weight excluding hydrogens is 404 g/mol. The van der Waals surface area contributed by atoms with E-state index in [1.165, 1.54) is 0 Å². The van der Waals surface area contributed by atoms with Gasteiger partial charge in [0.1, 0.15) is 6.61 Å². The molecule has 0 spiro atoms. The van der Waals surface area contributed by atoms with Crippen molar-refractivity contribution in [3.8, 4) is 5.88 Å². The fourth-order valence-corrected chi connectivity index (χ4v) is 4.15. The van der Waals surface area contributed by atoms with E-state index in [4.69, 9.17) is 9.47 Å². The first-order valence-corrected chi connectivity index (χ1v) is 11.3. The van der Waals surface area contributed by atoms with Crippen molar-refractivity contribution in [1.82, 2.24) is 14.9 Å². The van der Waals surface area contributed by atoms with E-state index in [2.05, 4.69) is 19.6 Å². The predicted octanol–water partition coefficient (Wildman–Crippen LogP) is 2.45. The zero-order valence-electron chi connectivity index (χ0n) is 16.7. The van der Waals surface area contributed by atoms with E-state index < -0.39 is 10.0 Å². The van der Waals surface area contributed by atoms with E-state index in [1.54, 1.807) is 30.3 Å². The van der Waals surface area contributed by atoms with Gasteiger partial charge in [0.2, 0.25) is 5.82 Å². The molecule has 1 fully saturated rings. The van der Waals surface area contributed by atoms with Crippen LogP contribution in [0.3, 0.4) is 0 Å². The largest absolute Gasteiger partial charge is 0.474 e. The second kappa shape index (κ2) is 8.95. The molecule has 0 amide bonds. The monoisotopic (exact) mass is 428 g/mol. The molecule has 1 saturated heterocycles. The Bertz CT molecular complexity index is 1110. The number of hydrogen-bond acceptors (Lipinski definition) is 7. The second-order valence-electron chi connectivity index (χ2n) is 7.09. The van der Waals surface area contributed by atoms with Crippen molar-refractivity contribution in [2.75, 3.05) is 44.2 Å². The molecule has 30 heavy (non-hydrogen) atoms. The summed E-state index contributed by atoms with van der Waals surface area (Å²) < 4.78 is 39.5. The number of para-hydroxylation sites is 2. The van der Waals surface area contributed by atoms with Gasteiger partial charge in [0.15, 0.2) is 0 Å². The van der Waals surface area contributed by atoms with Crippen LogP contribution in [0.5, 0.6) is 5.88 Å². The van der Waals surface area contributed by atoms with Crippen molar-refractivity contribution >= 4 is 26.9 Å². The summed E-state index contributed by atoms with van der Waals surface area (Å²) in [5.74, 6) is 0.244. The maximum absolute atomic E-state index is 12.9. The Kier molecular flexibility index (Phi) is 6.12. The van der Waals surface area contributed by atoms with Gasteiger partial charge in [-0.05, 0) is 31.2 Å². The summed E-state index contributed by atoms with van der Waals surface area (Å²) in [7, 11) is -3.83. The van der Waals surface area contributed by atoms with Crippen LogP contribution in [-0.4, -0.2) is 62.7 Å². The highest BCUT2D eigenvalue weighted by molar-refractivity contribution is 7.92. The van der Waals surface area contributed by atoms with Crippen LogP contribution in [-0.2, 0) is 14.8 Å². The van der Waals surface area contributed by atoms with E-state index in [9.17, 15) is 8.42 Å². The molecule has 2 aromatic carbocycles. The number of anilines is 1. The van der Waals surface area contributed by atoms with E-state index in [-0.39, 0.29) is 16.6 Å². The van der Waals surface area contributed by atoms with E-state index in [1.807, 2.05) is 25.1 Å². The molecule has 8 nitrogen and oxygen atoms in total. The summed E-state index contributed by atoms with van der Waals surface area (Å²) in [5.41, 5.74) is 2.20. The maximum Gasteiger partial charge on any atom is 0.263 e. The molecule has 1 N–H and O–H groups in total. The fraction of sp³-hybridized carbons (Fsp3) is 0.333. The Balaban J connectivity index is 1.58. The Labute approximate surface area is 175 Å². The van der Waals surface area contributed by atoms with Crippen molar-refractivity contribution in [1.29, 1.82) is 0 Å². The minimum atomic E-state index is -3.83. The van der Waals surface area contributed by atoms with Crippen LogP contribution in [0, 0.1) is 6.92 Å². The number of benzene rings is 2. The highest BCUT2D eigenvalue weighted by Crippen LogP contribution is 2.26. The number of nitrogens with one attached hydrogen (secondary N) is 1. The lowest BCUT2D eigenvalue weighted by molar-refractivity contribution is 0.0320. The van der Waals surface area contributed by atoms with Crippen LogP contribution < -0.4 is 9.46 Å². The smallest absolute Gasteiger partial charge is 0.263 e. The van der Waals surface area contributed by atoms with Crippen LogP contribution in [0.1, 0.15) is 5.56 Å². The quantitative estimate of drug-likeness (QED) is 0.618. The van der Waals surface area contributed by atoms with Gasteiger partial charge in [0, 0.05) is 19.6 Å². The maximum atomic E-state index is 12.9. The summed E-state index contributed by atoms with van der Waals surface area (Å²) >= 11 is 0. The lowest BCUT2D eigenvalue weighted by atomic mass is 10.2. The molecule has 2 heterocycles. The number of fused-ring (bicyclic) bond motifs is 1. The van der Waals surface area contributed by atoms with Gasteiger partial charge < -0.3 is 9.47 Å². The molecule has 3 aromatic rings. The van der Waals surface area contributed by atoms with Gasteiger partial charge >= 0.3 is 0 Å². The molecule has 1 aliphatic rings. The number of rotatable bonds is 7. The summed E-state index contributed by atoms with van der Waals surface area (Å²) in [6, 6.07) is 13.9. The Hall–Kier alpha value is -2.75. The van der Waals surface area contributed by atoms with Gasteiger partial charge in [-0.25, -0.2) is 18.4 Å². The molecule has 0 atom stereocenters. The first-order chi connectivity index (χ1) is 14.5. The first kappa shape index (κ1) is 20.5. The van der Waals surface area contributed by atoms with Crippen LogP contribution in [0.15, 0.2) is 53.4 Å². The molecule has 0 aliphatic carbocycles. The van der Waals surface area contributed by atoms with Gasteiger partial charge in [-0.15, -0.1) is 0 Å². The first-order valence-electron chi connectivity index (χ1n) is 9.80. The van der Waals surface area contributed by atoms with Crippen LogP contribution in [0.4, 0.5) is 5.82 Å². The van der Waals surface area contributed by atoms with Crippen LogP contribution in [0.25, 0.3) is 11.0 Å². The minimum absolute atomic E-state index is 0.0799. The number of ether oxygens (including phenoxy) is 2. The summed E-state index contributed by atoms with van der Waals surface area (Å²) in [4.78, 5) is 11.3. The molecule has 9 heteroatoms. The lowest BCUT2D eigenvalue weighted by Crippen LogP contribution is -2.38. The number of hydrogen-bond donors (Lipinski definition) is 1. The molecule has 0 saturated carbocycles. The average Bonchev–Trinajstić information content (AvgIpc) is 2.75. The molecular formula is C21H24N4O4S.